The standard InChI is InChI=1S/C21H22N2O2/c1-3-23(4-2)19-10-6-16-13-18(9-5-17(16)14-19)22-21(25)15-7-11-20(24)12-8-15/h5-14,24H,3-4H2,1-2H3,(H,22,25). The highest BCUT2D eigenvalue weighted by molar-refractivity contribution is 6.05. The van der Waals surface area contributed by atoms with Crippen LogP contribution in [0, 0.1) is 0 Å². The molecular formula is C21H22N2O2. The summed E-state index contributed by atoms with van der Waals surface area (Å²) in [5, 5.41) is 14.4. The minimum Gasteiger partial charge on any atom is -0.508 e. The van der Waals surface area contributed by atoms with Crippen molar-refractivity contribution < 1.29 is 9.90 Å². The van der Waals surface area contributed by atoms with Crippen LogP contribution in [0.2, 0.25) is 0 Å². The van der Waals surface area contributed by atoms with E-state index in [9.17, 15) is 9.90 Å². The average Bonchev–Trinajstić information content (AvgIpc) is 2.63. The van der Waals surface area contributed by atoms with Crippen LogP contribution in [0.25, 0.3) is 10.8 Å². The monoisotopic (exact) mass is 334 g/mol. The van der Waals surface area contributed by atoms with Gasteiger partial charge in [-0.25, -0.2) is 0 Å². The lowest BCUT2D eigenvalue weighted by molar-refractivity contribution is 0.102. The number of phenols is 1. The van der Waals surface area contributed by atoms with Crippen molar-refractivity contribution in [3.05, 3.63) is 66.2 Å². The number of rotatable bonds is 5. The minimum atomic E-state index is -0.195. The highest BCUT2D eigenvalue weighted by atomic mass is 16.3. The Morgan fingerprint density at radius 3 is 2.24 bits per heavy atom. The van der Waals surface area contributed by atoms with Crippen molar-refractivity contribution in [3.63, 3.8) is 0 Å². The fraction of sp³-hybridized carbons (Fsp3) is 0.190. The van der Waals surface area contributed by atoms with Crippen LogP contribution in [0.15, 0.2) is 60.7 Å². The van der Waals surface area contributed by atoms with E-state index in [1.165, 1.54) is 17.8 Å². The molecule has 0 fully saturated rings. The Morgan fingerprint density at radius 1 is 0.920 bits per heavy atom. The van der Waals surface area contributed by atoms with E-state index in [0.717, 1.165) is 29.5 Å². The Labute approximate surface area is 147 Å². The van der Waals surface area contributed by atoms with Gasteiger partial charge in [-0.1, -0.05) is 12.1 Å². The van der Waals surface area contributed by atoms with Crippen molar-refractivity contribution in [1.29, 1.82) is 0 Å². The highest BCUT2D eigenvalue weighted by Crippen LogP contribution is 2.25. The van der Waals surface area contributed by atoms with Gasteiger partial charge in [-0.2, -0.15) is 0 Å². The van der Waals surface area contributed by atoms with Gasteiger partial charge in [0.25, 0.3) is 5.91 Å². The molecule has 0 aliphatic carbocycles. The number of phenolic OH excluding ortho intramolecular Hbond substituents is 1. The molecule has 3 aromatic carbocycles. The average molecular weight is 334 g/mol. The van der Waals surface area contributed by atoms with Gasteiger partial charge in [-0.05, 0) is 73.2 Å². The predicted molar refractivity (Wildman–Crippen MR) is 104 cm³/mol. The van der Waals surface area contributed by atoms with E-state index in [0.29, 0.717) is 5.56 Å². The Bertz CT molecular complexity index is 884. The molecule has 0 saturated carbocycles. The van der Waals surface area contributed by atoms with E-state index < -0.39 is 0 Å². The highest BCUT2D eigenvalue weighted by Gasteiger charge is 2.07. The van der Waals surface area contributed by atoms with Crippen molar-refractivity contribution >= 4 is 28.1 Å². The van der Waals surface area contributed by atoms with Crippen molar-refractivity contribution in [2.24, 2.45) is 0 Å². The summed E-state index contributed by atoms with van der Waals surface area (Å²) >= 11 is 0. The van der Waals surface area contributed by atoms with E-state index in [4.69, 9.17) is 0 Å². The van der Waals surface area contributed by atoms with Crippen LogP contribution in [0.5, 0.6) is 5.75 Å². The van der Waals surface area contributed by atoms with E-state index in [1.54, 1.807) is 12.1 Å². The van der Waals surface area contributed by atoms with Crippen LogP contribution in [-0.4, -0.2) is 24.1 Å². The lowest BCUT2D eigenvalue weighted by Crippen LogP contribution is -2.21. The molecule has 0 aliphatic heterocycles. The third-order valence-corrected chi connectivity index (χ3v) is 4.34. The molecule has 2 N–H and O–H groups in total. The third kappa shape index (κ3) is 3.74. The summed E-state index contributed by atoms with van der Waals surface area (Å²) in [5.74, 6) is -0.0506. The number of nitrogens with one attached hydrogen (secondary N) is 1. The predicted octanol–water partition coefficient (Wildman–Crippen LogP) is 4.64. The molecular weight excluding hydrogens is 312 g/mol. The van der Waals surface area contributed by atoms with Crippen molar-refractivity contribution in [1.82, 2.24) is 0 Å². The minimum absolute atomic E-state index is 0.145. The summed E-state index contributed by atoms with van der Waals surface area (Å²) in [7, 11) is 0. The molecule has 3 aromatic rings. The second kappa shape index (κ2) is 7.26. The number of benzene rings is 3. The number of aromatic hydroxyl groups is 1. The maximum Gasteiger partial charge on any atom is 0.255 e. The van der Waals surface area contributed by atoms with Crippen LogP contribution in [0.4, 0.5) is 11.4 Å². The first-order valence-corrected chi connectivity index (χ1v) is 8.50. The number of hydrogen-bond donors (Lipinski definition) is 2. The largest absolute Gasteiger partial charge is 0.508 e. The molecule has 0 heterocycles. The Morgan fingerprint density at radius 2 is 1.56 bits per heavy atom. The molecule has 3 rings (SSSR count). The van der Waals surface area contributed by atoms with Crippen molar-refractivity contribution in [2.75, 3.05) is 23.3 Å². The molecule has 25 heavy (non-hydrogen) atoms. The first-order chi connectivity index (χ1) is 12.1. The van der Waals surface area contributed by atoms with Crippen LogP contribution in [-0.2, 0) is 0 Å². The first-order valence-electron chi connectivity index (χ1n) is 8.50. The summed E-state index contributed by atoms with van der Waals surface area (Å²) in [6.45, 7) is 6.25. The number of carbonyl (C=O) groups is 1. The molecule has 0 unspecified atom stereocenters. The summed E-state index contributed by atoms with van der Waals surface area (Å²) in [6.07, 6.45) is 0. The first kappa shape index (κ1) is 16.8. The number of carbonyl (C=O) groups excluding carboxylic acids is 1. The van der Waals surface area contributed by atoms with Crippen LogP contribution in [0.1, 0.15) is 24.2 Å². The molecule has 0 atom stereocenters. The van der Waals surface area contributed by atoms with Crippen LogP contribution >= 0.6 is 0 Å². The lowest BCUT2D eigenvalue weighted by atomic mass is 10.1. The number of fused-ring (bicyclic) bond motifs is 1. The quantitative estimate of drug-likeness (QED) is 0.714. The zero-order chi connectivity index (χ0) is 17.8. The summed E-state index contributed by atoms with van der Waals surface area (Å²) in [4.78, 5) is 14.6. The number of hydrogen-bond acceptors (Lipinski definition) is 3. The summed E-state index contributed by atoms with van der Waals surface area (Å²) < 4.78 is 0. The molecule has 0 spiro atoms. The van der Waals surface area contributed by atoms with Gasteiger partial charge in [0.1, 0.15) is 5.75 Å². The molecule has 4 nitrogen and oxygen atoms in total. The van der Waals surface area contributed by atoms with Gasteiger partial charge in [0.15, 0.2) is 0 Å². The molecule has 0 saturated heterocycles. The SMILES string of the molecule is CCN(CC)c1ccc2cc(NC(=O)c3ccc(O)cc3)ccc2c1. The van der Waals surface area contributed by atoms with Gasteiger partial charge in [0.05, 0.1) is 0 Å². The normalized spacial score (nSPS) is 10.6. The zero-order valence-electron chi connectivity index (χ0n) is 14.5. The fourth-order valence-electron chi connectivity index (χ4n) is 2.91. The van der Waals surface area contributed by atoms with E-state index in [1.807, 2.05) is 18.2 Å². The van der Waals surface area contributed by atoms with Gasteiger partial charge >= 0.3 is 0 Å². The van der Waals surface area contributed by atoms with E-state index in [2.05, 4.69) is 42.3 Å². The molecule has 0 aromatic heterocycles. The summed E-state index contributed by atoms with van der Waals surface area (Å²) in [6, 6.07) is 18.5. The topological polar surface area (TPSA) is 52.6 Å². The molecule has 128 valence electrons. The van der Waals surface area contributed by atoms with Crippen molar-refractivity contribution in [2.45, 2.75) is 13.8 Å². The van der Waals surface area contributed by atoms with Gasteiger partial charge in [-0.3, -0.25) is 4.79 Å². The number of amides is 1. The van der Waals surface area contributed by atoms with E-state index in [-0.39, 0.29) is 11.7 Å². The Kier molecular flexibility index (Phi) is 4.89. The Hall–Kier alpha value is -3.01. The smallest absolute Gasteiger partial charge is 0.255 e. The lowest BCUT2D eigenvalue weighted by Gasteiger charge is -2.21. The molecule has 0 radical (unpaired) electrons. The zero-order valence-corrected chi connectivity index (χ0v) is 14.5. The number of nitrogens with zero attached hydrogens (tertiary/aromatic N) is 1. The van der Waals surface area contributed by atoms with Gasteiger partial charge in [-0.15, -0.1) is 0 Å². The van der Waals surface area contributed by atoms with Gasteiger partial charge in [0, 0.05) is 30.0 Å². The number of anilines is 2. The summed E-state index contributed by atoms with van der Waals surface area (Å²) in [5.41, 5.74) is 2.47. The van der Waals surface area contributed by atoms with Gasteiger partial charge in [0.2, 0.25) is 0 Å². The van der Waals surface area contributed by atoms with Gasteiger partial charge < -0.3 is 15.3 Å². The Balaban J connectivity index is 1.82. The second-order valence-electron chi connectivity index (χ2n) is 5.92. The second-order valence-corrected chi connectivity index (χ2v) is 5.92. The molecule has 1 amide bonds. The van der Waals surface area contributed by atoms with Crippen LogP contribution < -0.4 is 10.2 Å². The third-order valence-electron chi connectivity index (χ3n) is 4.34. The maximum absolute atomic E-state index is 12.3. The van der Waals surface area contributed by atoms with Crippen molar-refractivity contribution in [3.8, 4) is 5.75 Å². The van der Waals surface area contributed by atoms with E-state index >= 15 is 0 Å². The molecule has 0 aliphatic rings. The fourth-order valence-corrected chi connectivity index (χ4v) is 2.91. The molecule has 0 bridgehead atoms. The van der Waals surface area contributed by atoms with Crippen LogP contribution in [0.3, 0.4) is 0 Å². The maximum atomic E-state index is 12.3. The molecule has 4 heteroatoms.